The molecule has 0 bridgehead atoms. The Morgan fingerprint density at radius 2 is 1.83 bits per heavy atom. The Morgan fingerprint density at radius 1 is 1.25 bits per heavy atom. The van der Waals surface area contributed by atoms with Crippen LogP contribution in [0, 0.1) is 0 Å². The van der Waals surface area contributed by atoms with Gasteiger partial charge in [0.25, 0.3) is 0 Å². The van der Waals surface area contributed by atoms with Crippen molar-refractivity contribution in [1.82, 2.24) is 0 Å². The summed E-state index contributed by atoms with van der Waals surface area (Å²) in [5.74, 6) is -1.46. The van der Waals surface area contributed by atoms with Crippen LogP contribution in [-0.2, 0) is 4.57 Å². The quantitative estimate of drug-likeness (QED) is 0.444. The second-order valence-corrected chi connectivity index (χ2v) is 4.69. The zero-order chi connectivity index (χ0) is 9.61. The average molecular weight is 196 g/mol. The second kappa shape index (κ2) is 5.70. The molecule has 0 amide bonds. The Morgan fingerprint density at radius 3 is 2.25 bits per heavy atom. The predicted octanol–water partition coefficient (Wildman–Crippen LogP) is 1.45. The van der Waals surface area contributed by atoms with E-state index in [1.165, 1.54) is 0 Å². The first-order valence-corrected chi connectivity index (χ1v) is 5.90. The first kappa shape index (κ1) is 12.1. The van der Waals surface area contributed by atoms with E-state index in [2.05, 4.69) is 6.92 Å². The Hall–Kier alpha value is 0.110. The van der Waals surface area contributed by atoms with E-state index >= 15 is 0 Å². The van der Waals surface area contributed by atoms with Gasteiger partial charge in [-0.05, 0) is 6.42 Å². The number of aliphatic hydroxyl groups excluding tert-OH is 1. The first-order chi connectivity index (χ1) is 5.48. The molecule has 0 aliphatic rings. The average Bonchev–Trinajstić information content (AvgIpc) is 1.96. The van der Waals surface area contributed by atoms with Gasteiger partial charge in [-0.15, -0.1) is 0 Å². The number of unbranched alkanes of at least 4 members (excludes halogenated alkanes) is 3. The zero-order valence-electron chi connectivity index (χ0n) is 7.31. The van der Waals surface area contributed by atoms with E-state index in [9.17, 15) is 4.57 Å². The first-order valence-electron chi connectivity index (χ1n) is 4.21. The minimum absolute atomic E-state index is 0.199. The largest absolute Gasteiger partial charge is 0.380 e. The molecule has 0 saturated heterocycles. The van der Waals surface area contributed by atoms with Gasteiger partial charge in [-0.1, -0.05) is 32.6 Å². The molecule has 0 fully saturated rings. The maximum Gasteiger partial charge on any atom is 0.353 e. The lowest BCUT2D eigenvalue weighted by Gasteiger charge is -2.11. The minimum atomic E-state index is -4.25. The fraction of sp³-hybridized carbons (Fsp3) is 1.00. The molecule has 12 heavy (non-hydrogen) atoms. The highest BCUT2D eigenvalue weighted by Crippen LogP contribution is 2.41. The van der Waals surface area contributed by atoms with Crippen LogP contribution in [0.15, 0.2) is 0 Å². The lowest BCUT2D eigenvalue weighted by molar-refractivity contribution is 0.190. The van der Waals surface area contributed by atoms with E-state index in [-0.39, 0.29) is 6.42 Å². The topological polar surface area (TPSA) is 77.8 Å². The molecule has 0 rings (SSSR count). The Kier molecular flexibility index (Phi) is 5.76. The van der Waals surface area contributed by atoms with Gasteiger partial charge in [0.1, 0.15) is 0 Å². The van der Waals surface area contributed by atoms with E-state index in [0.29, 0.717) is 6.42 Å². The molecule has 5 heteroatoms. The zero-order valence-corrected chi connectivity index (χ0v) is 8.20. The Labute approximate surface area is 72.8 Å². The molecule has 0 aromatic carbocycles. The van der Waals surface area contributed by atoms with Gasteiger partial charge in [0, 0.05) is 0 Å². The molecule has 0 aromatic heterocycles. The maximum absolute atomic E-state index is 10.4. The molecule has 74 valence electrons. The highest BCUT2D eigenvalue weighted by Gasteiger charge is 2.24. The van der Waals surface area contributed by atoms with Crippen LogP contribution in [-0.4, -0.2) is 20.7 Å². The van der Waals surface area contributed by atoms with E-state index < -0.39 is 13.4 Å². The van der Waals surface area contributed by atoms with E-state index in [1.807, 2.05) is 0 Å². The fourth-order valence-electron chi connectivity index (χ4n) is 0.922. The molecule has 0 radical (unpaired) electrons. The van der Waals surface area contributed by atoms with Crippen molar-refractivity contribution in [2.24, 2.45) is 0 Å². The third kappa shape index (κ3) is 5.72. The van der Waals surface area contributed by atoms with Crippen molar-refractivity contribution in [3.05, 3.63) is 0 Å². The SMILES string of the molecule is CCCCCCC(O)P(=O)(O)O. The number of aliphatic hydroxyl groups is 1. The van der Waals surface area contributed by atoms with Crippen molar-refractivity contribution in [2.45, 2.75) is 44.9 Å². The summed E-state index contributed by atoms with van der Waals surface area (Å²) in [5.41, 5.74) is 0. The van der Waals surface area contributed by atoms with Crippen LogP contribution in [0.2, 0.25) is 0 Å². The van der Waals surface area contributed by atoms with Gasteiger partial charge in [-0.2, -0.15) is 0 Å². The standard InChI is InChI=1S/C7H17O4P/c1-2-3-4-5-6-7(8)12(9,10)11/h7-8H,2-6H2,1H3,(H2,9,10,11). The molecule has 1 unspecified atom stereocenters. The summed E-state index contributed by atoms with van der Waals surface area (Å²) >= 11 is 0. The molecule has 0 aliphatic carbocycles. The number of hydrogen-bond donors (Lipinski definition) is 3. The summed E-state index contributed by atoms with van der Waals surface area (Å²) in [6.07, 6.45) is 3.93. The van der Waals surface area contributed by atoms with Crippen molar-refractivity contribution in [3.63, 3.8) is 0 Å². The summed E-state index contributed by atoms with van der Waals surface area (Å²) in [6, 6.07) is 0. The van der Waals surface area contributed by atoms with Gasteiger partial charge in [-0.3, -0.25) is 4.57 Å². The molecule has 0 aromatic rings. The third-order valence-corrected chi connectivity index (χ3v) is 2.74. The van der Waals surface area contributed by atoms with Crippen LogP contribution < -0.4 is 0 Å². The second-order valence-electron chi connectivity index (χ2n) is 2.92. The smallest absolute Gasteiger partial charge is 0.353 e. The molecule has 4 nitrogen and oxygen atoms in total. The van der Waals surface area contributed by atoms with Crippen molar-refractivity contribution in [3.8, 4) is 0 Å². The van der Waals surface area contributed by atoms with Gasteiger partial charge >= 0.3 is 7.60 Å². The van der Waals surface area contributed by atoms with Crippen molar-refractivity contribution >= 4 is 7.60 Å². The van der Waals surface area contributed by atoms with Gasteiger partial charge in [-0.25, -0.2) is 0 Å². The van der Waals surface area contributed by atoms with Gasteiger partial charge in [0.05, 0.1) is 0 Å². The molecular weight excluding hydrogens is 179 g/mol. The molecule has 0 spiro atoms. The van der Waals surface area contributed by atoms with Crippen LogP contribution in [0.4, 0.5) is 0 Å². The van der Waals surface area contributed by atoms with E-state index in [0.717, 1.165) is 19.3 Å². The van der Waals surface area contributed by atoms with Crippen LogP contribution in [0.3, 0.4) is 0 Å². The van der Waals surface area contributed by atoms with Crippen LogP contribution in [0.1, 0.15) is 39.0 Å². The lowest BCUT2D eigenvalue weighted by atomic mass is 10.2. The monoisotopic (exact) mass is 196 g/mol. The molecule has 0 aliphatic heterocycles. The summed E-state index contributed by atoms with van der Waals surface area (Å²) in [4.78, 5) is 17.0. The maximum atomic E-state index is 10.4. The third-order valence-electron chi connectivity index (χ3n) is 1.70. The molecular formula is C7H17O4P. The fourth-order valence-corrected chi connectivity index (χ4v) is 1.44. The van der Waals surface area contributed by atoms with Crippen LogP contribution in [0.5, 0.6) is 0 Å². The summed E-state index contributed by atoms with van der Waals surface area (Å²) in [5, 5.41) is 8.92. The number of rotatable bonds is 6. The summed E-state index contributed by atoms with van der Waals surface area (Å²) < 4.78 is 10.4. The Balaban J connectivity index is 3.45. The summed E-state index contributed by atoms with van der Waals surface area (Å²) in [6.45, 7) is 2.05. The van der Waals surface area contributed by atoms with Crippen molar-refractivity contribution in [2.75, 3.05) is 0 Å². The summed E-state index contributed by atoms with van der Waals surface area (Å²) in [7, 11) is -4.25. The Bertz CT molecular complexity index is 153. The van der Waals surface area contributed by atoms with Crippen molar-refractivity contribution in [1.29, 1.82) is 0 Å². The van der Waals surface area contributed by atoms with Crippen molar-refractivity contribution < 1.29 is 19.5 Å². The van der Waals surface area contributed by atoms with Gasteiger partial charge < -0.3 is 14.9 Å². The lowest BCUT2D eigenvalue weighted by Crippen LogP contribution is -2.06. The van der Waals surface area contributed by atoms with Gasteiger partial charge in [0.15, 0.2) is 5.85 Å². The van der Waals surface area contributed by atoms with Crippen LogP contribution >= 0.6 is 7.60 Å². The molecule has 3 N–H and O–H groups in total. The van der Waals surface area contributed by atoms with Crippen LogP contribution in [0.25, 0.3) is 0 Å². The highest BCUT2D eigenvalue weighted by atomic mass is 31.2. The highest BCUT2D eigenvalue weighted by molar-refractivity contribution is 7.52. The van der Waals surface area contributed by atoms with E-state index in [4.69, 9.17) is 14.9 Å². The van der Waals surface area contributed by atoms with E-state index in [1.54, 1.807) is 0 Å². The normalized spacial score (nSPS) is 14.7. The predicted molar refractivity (Wildman–Crippen MR) is 46.8 cm³/mol. The molecule has 0 heterocycles. The van der Waals surface area contributed by atoms with Gasteiger partial charge in [0.2, 0.25) is 0 Å². The number of hydrogen-bond acceptors (Lipinski definition) is 2. The molecule has 0 saturated carbocycles. The molecule has 1 atom stereocenters. The minimum Gasteiger partial charge on any atom is -0.380 e.